The van der Waals surface area contributed by atoms with Crippen molar-refractivity contribution in [3.05, 3.63) is 35.9 Å². The summed E-state index contributed by atoms with van der Waals surface area (Å²) in [5.74, 6) is 0.795. The van der Waals surface area contributed by atoms with Crippen LogP contribution < -0.4 is 5.32 Å². The van der Waals surface area contributed by atoms with Gasteiger partial charge in [0.1, 0.15) is 0 Å². The van der Waals surface area contributed by atoms with Crippen molar-refractivity contribution in [3.8, 4) is 0 Å². The van der Waals surface area contributed by atoms with Crippen LogP contribution in [0.25, 0.3) is 0 Å². The average Bonchev–Trinajstić information content (AvgIpc) is 2.43. The Balaban J connectivity index is 1.92. The zero-order valence-electron chi connectivity index (χ0n) is 11.7. The maximum absolute atomic E-state index is 11.6. The number of benzene rings is 1. The van der Waals surface area contributed by atoms with Gasteiger partial charge in [-0.15, -0.1) is 0 Å². The van der Waals surface area contributed by atoms with E-state index in [-0.39, 0.29) is 24.3 Å². The smallest absolute Gasteiger partial charge is 0.151 e. The highest BCUT2D eigenvalue weighted by atomic mass is 32.2. The number of sulfone groups is 1. The number of aliphatic hydroxyl groups is 1. The van der Waals surface area contributed by atoms with Gasteiger partial charge in [-0.2, -0.15) is 0 Å². The largest absolute Gasteiger partial charge is 0.396 e. The van der Waals surface area contributed by atoms with Gasteiger partial charge in [-0.1, -0.05) is 30.3 Å². The molecule has 2 atom stereocenters. The summed E-state index contributed by atoms with van der Waals surface area (Å²) in [6, 6.07) is 10.1. The van der Waals surface area contributed by atoms with E-state index in [0.29, 0.717) is 18.7 Å². The minimum absolute atomic E-state index is 0.0543. The first-order chi connectivity index (χ1) is 9.61. The summed E-state index contributed by atoms with van der Waals surface area (Å²) in [7, 11) is -2.87. The van der Waals surface area contributed by atoms with Crippen LogP contribution in [0.4, 0.5) is 0 Å². The predicted octanol–water partition coefficient (Wildman–Crippen LogP) is 1.32. The number of nitrogens with one attached hydrogen (secondary N) is 1. The Kier molecular flexibility index (Phi) is 5.57. The van der Waals surface area contributed by atoms with Crippen molar-refractivity contribution in [2.45, 2.75) is 31.2 Å². The fraction of sp³-hybridized carbons (Fsp3) is 0.600. The highest BCUT2D eigenvalue weighted by Gasteiger charge is 2.25. The normalized spacial score (nSPS) is 23.4. The lowest BCUT2D eigenvalue weighted by atomic mass is 9.95. The lowest BCUT2D eigenvalue weighted by molar-refractivity contribution is 0.271. The third-order valence-electron chi connectivity index (χ3n) is 3.86. The molecule has 0 radical (unpaired) electrons. The molecule has 2 N–H and O–H groups in total. The molecule has 2 unspecified atom stereocenters. The minimum atomic E-state index is -2.87. The topological polar surface area (TPSA) is 66.4 Å². The lowest BCUT2D eigenvalue weighted by Gasteiger charge is -2.26. The molecule has 1 saturated heterocycles. The van der Waals surface area contributed by atoms with E-state index in [1.165, 1.54) is 5.56 Å². The molecule has 0 aromatic heterocycles. The zero-order valence-corrected chi connectivity index (χ0v) is 12.5. The van der Waals surface area contributed by atoms with Gasteiger partial charge < -0.3 is 10.4 Å². The van der Waals surface area contributed by atoms with Gasteiger partial charge in [-0.05, 0) is 30.7 Å². The van der Waals surface area contributed by atoms with Crippen molar-refractivity contribution in [2.24, 2.45) is 0 Å². The third-order valence-corrected chi connectivity index (χ3v) is 5.69. The van der Waals surface area contributed by atoms with Crippen LogP contribution in [0.5, 0.6) is 0 Å². The monoisotopic (exact) mass is 297 g/mol. The van der Waals surface area contributed by atoms with Gasteiger partial charge in [0.25, 0.3) is 0 Å². The molecule has 4 nitrogen and oxygen atoms in total. The predicted molar refractivity (Wildman–Crippen MR) is 80.6 cm³/mol. The van der Waals surface area contributed by atoms with E-state index < -0.39 is 9.84 Å². The van der Waals surface area contributed by atoms with Crippen molar-refractivity contribution in [1.29, 1.82) is 0 Å². The van der Waals surface area contributed by atoms with E-state index in [0.717, 1.165) is 12.8 Å². The van der Waals surface area contributed by atoms with E-state index in [4.69, 9.17) is 0 Å². The highest BCUT2D eigenvalue weighted by molar-refractivity contribution is 7.91. The molecule has 5 heteroatoms. The first-order valence-electron chi connectivity index (χ1n) is 7.20. The van der Waals surface area contributed by atoms with Crippen LogP contribution in [0, 0.1) is 0 Å². The zero-order chi connectivity index (χ0) is 14.4. The lowest BCUT2D eigenvalue weighted by Crippen LogP contribution is -2.41. The highest BCUT2D eigenvalue weighted by Crippen LogP contribution is 2.19. The van der Waals surface area contributed by atoms with Gasteiger partial charge in [-0.3, -0.25) is 0 Å². The van der Waals surface area contributed by atoms with Gasteiger partial charge in [0.15, 0.2) is 9.84 Å². The van der Waals surface area contributed by atoms with E-state index in [2.05, 4.69) is 17.4 Å². The molecule has 0 aliphatic carbocycles. The van der Waals surface area contributed by atoms with E-state index >= 15 is 0 Å². The molecule has 1 aliphatic rings. The summed E-state index contributed by atoms with van der Waals surface area (Å²) in [6.07, 6.45) is 2.35. The molecule has 1 heterocycles. The molecular weight excluding hydrogens is 274 g/mol. The van der Waals surface area contributed by atoms with Crippen LogP contribution in [-0.2, 0) is 9.84 Å². The molecule has 112 valence electrons. The van der Waals surface area contributed by atoms with E-state index in [9.17, 15) is 13.5 Å². The summed E-state index contributed by atoms with van der Waals surface area (Å²) in [4.78, 5) is 0. The van der Waals surface area contributed by atoms with Gasteiger partial charge in [0, 0.05) is 19.2 Å². The Morgan fingerprint density at radius 2 is 2.05 bits per heavy atom. The van der Waals surface area contributed by atoms with Crippen molar-refractivity contribution in [1.82, 2.24) is 5.32 Å². The number of hydrogen-bond donors (Lipinski definition) is 2. The standard InChI is InChI=1S/C15H23NO3S/c17-9-8-14(13-5-2-1-3-6-13)11-16-15-7-4-10-20(18,19)12-15/h1-3,5-6,14-17H,4,7-12H2. The van der Waals surface area contributed by atoms with Gasteiger partial charge in [0.05, 0.1) is 11.5 Å². The second-order valence-corrected chi connectivity index (χ2v) is 7.71. The van der Waals surface area contributed by atoms with Crippen molar-refractivity contribution in [2.75, 3.05) is 24.7 Å². The van der Waals surface area contributed by atoms with Crippen LogP contribution in [0.2, 0.25) is 0 Å². The Bertz CT molecular complexity index is 501. The van der Waals surface area contributed by atoms with Crippen LogP contribution in [-0.4, -0.2) is 44.2 Å². The van der Waals surface area contributed by atoms with Gasteiger partial charge in [-0.25, -0.2) is 8.42 Å². The molecule has 1 fully saturated rings. The second kappa shape index (κ2) is 7.20. The SMILES string of the molecule is O=S1(=O)CCCC(NCC(CCO)c2ccccc2)C1. The van der Waals surface area contributed by atoms with Crippen molar-refractivity contribution >= 4 is 9.84 Å². The Morgan fingerprint density at radius 3 is 2.70 bits per heavy atom. The Morgan fingerprint density at radius 1 is 1.30 bits per heavy atom. The Labute approximate surface area is 121 Å². The molecule has 2 rings (SSSR count). The number of aliphatic hydroxyl groups excluding tert-OH is 1. The molecule has 0 amide bonds. The molecule has 1 aromatic carbocycles. The first kappa shape index (κ1) is 15.5. The number of rotatable bonds is 6. The van der Waals surface area contributed by atoms with Crippen LogP contribution in [0.3, 0.4) is 0 Å². The van der Waals surface area contributed by atoms with Crippen LogP contribution in [0.15, 0.2) is 30.3 Å². The molecular formula is C15H23NO3S. The molecule has 1 aromatic rings. The summed E-state index contributed by atoms with van der Waals surface area (Å²) in [5.41, 5.74) is 1.19. The fourth-order valence-electron chi connectivity index (χ4n) is 2.76. The van der Waals surface area contributed by atoms with Crippen molar-refractivity contribution < 1.29 is 13.5 Å². The van der Waals surface area contributed by atoms with E-state index in [1.54, 1.807) is 0 Å². The maximum Gasteiger partial charge on any atom is 0.151 e. The third kappa shape index (κ3) is 4.58. The molecule has 0 bridgehead atoms. The Hall–Kier alpha value is -0.910. The summed E-state index contributed by atoms with van der Waals surface area (Å²) in [5, 5.41) is 12.6. The summed E-state index contributed by atoms with van der Waals surface area (Å²) < 4.78 is 23.2. The number of hydrogen-bond acceptors (Lipinski definition) is 4. The van der Waals surface area contributed by atoms with Gasteiger partial charge >= 0.3 is 0 Å². The van der Waals surface area contributed by atoms with E-state index in [1.807, 2.05) is 18.2 Å². The maximum atomic E-state index is 11.6. The molecule has 20 heavy (non-hydrogen) atoms. The average molecular weight is 297 g/mol. The summed E-state index contributed by atoms with van der Waals surface area (Å²) in [6.45, 7) is 0.856. The van der Waals surface area contributed by atoms with Crippen molar-refractivity contribution in [3.63, 3.8) is 0 Å². The second-order valence-electron chi connectivity index (χ2n) is 5.48. The van der Waals surface area contributed by atoms with Gasteiger partial charge in [0.2, 0.25) is 0 Å². The summed E-state index contributed by atoms with van der Waals surface area (Å²) >= 11 is 0. The quantitative estimate of drug-likeness (QED) is 0.831. The minimum Gasteiger partial charge on any atom is -0.396 e. The first-order valence-corrected chi connectivity index (χ1v) is 9.02. The molecule has 1 aliphatic heterocycles. The van der Waals surface area contributed by atoms with Crippen LogP contribution in [0.1, 0.15) is 30.7 Å². The molecule has 0 spiro atoms. The van der Waals surface area contributed by atoms with Crippen LogP contribution >= 0.6 is 0 Å². The molecule has 0 saturated carbocycles. The fourth-order valence-corrected chi connectivity index (χ4v) is 4.43.